The molecule has 2 N–H and O–H groups in total. The van der Waals surface area contributed by atoms with E-state index in [1.165, 1.54) is 12.6 Å². The molecule has 1 aliphatic heterocycles. The van der Waals surface area contributed by atoms with Gasteiger partial charge in [0.05, 0.1) is 0 Å². The Balaban J connectivity index is 2.70. The van der Waals surface area contributed by atoms with E-state index in [1.54, 1.807) is 12.2 Å². The van der Waals surface area contributed by atoms with E-state index in [-0.39, 0.29) is 6.04 Å². The van der Waals surface area contributed by atoms with Gasteiger partial charge in [-0.3, -0.25) is 9.69 Å². The largest absolute Gasteiger partial charge is 0.405 e. The Kier molecular flexibility index (Phi) is 3.71. The lowest BCUT2D eigenvalue weighted by Crippen LogP contribution is -2.27. The van der Waals surface area contributed by atoms with Gasteiger partial charge < -0.3 is 5.73 Å². The third-order valence-corrected chi connectivity index (χ3v) is 2.44. The maximum atomic E-state index is 10.8. The van der Waals surface area contributed by atoms with Crippen molar-refractivity contribution < 1.29 is 4.79 Å². The molecular formula is C10H16N2O. The molecule has 0 radical (unpaired) electrons. The second-order valence-corrected chi connectivity index (χ2v) is 3.31. The zero-order valence-corrected chi connectivity index (χ0v) is 7.94. The number of hydrogen-bond donors (Lipinski definition) is 1. The summed E-state index contributed by atoms with van der Waals surface area (Å²) in [6, 6.07) is 0.286. The maximum absolute atomic E-state index is 10.8. The summed E-state index contributed by atoms with van der Waals surface area (Å²) in [5.41, 5.74) is 6.03. The molecule has 0 aliphatic carbocycles. The smallest absolute Gasteiger partial charge is 0.147 e. The van der Waals surface area contributed by atoms with Crippen LogP contribution in [0.3, 0.4) is 0 Å². The van der Waals surface area contributed by atoms with Crippen LogP contribution in [0.5, 0.6) is 0 Å². The number of likely N-dealkylation sites (tertiary alicyclic amines) is 1. The van der Waals surface area contributed by atoms with Crippen LogP contribution in [-0.2, 0) is 4.79 Å². The summed E-state index contributed by atoms with van der Waals surface area (Å²) in [5.74, 6) is 0. The first-order valence-electron chi connectivity index (χ1n) is 4.53. The predicted octanol–water partition coefficient (Wildman–Crippen LogP) is 0.678. The summed E-state index contributed by atoms with van der Waals surface area (Å²) >= 11 is 0. The number of nitrogens with two attached hydrogens (primary N) is 1. The Morgan fingerprint density at radius 3 is 2.85 bits per heavy atom. The van der Waals surface area contributed by atoms with E-state index in [0.29, 0.717) is 0 Å². The second kappa shape index (κ2) is 4.82. The lowest BCUT2D eigenvalue weighted by molar-refractivity contribution is -0.105. The van der Waals surface area contributed by atoms with Gasteiger partial charge in [0.2, 0.25) is 0 Å². The molecule has 0 aromatic rings. The molecule has 13 heavy (non-hydrogen) atoms. The van der Waals surface area contributed by atoms with Crippen LogP contribution in [-0.4, -0.2) is 30.8 Å². The first-order valence-corrected chi connectivity index (χ1v) is 4.53. The monoisotopic (exact) mass is 180 g/mol. The van der Waals surface area contributed by atoms with Crippen LogP contribution < -0.4 is 5.73 Å². The molecule has 3 heteroatoms. The Labute approximate surface area is 78.9 Å². The number of rotatable bonds is 3. The van der Waals surface area contributed by atoms with E-state index in [2.05, 4.69) is 4.90 Å². The highest BCUT2D eigenvalue weighted by atomic mass is 16.1. The van der Waals surface area contributed by atoms with Gasteiger partial charge in [-0.25, -0.2) is 0 Å². The lowest BCUT2D eigenvalue weighted by atomic mass is 10.1. The fourth-order valence-electron chi connectivity index (χ4n) is 1.73. The number of hydrogen-bond acceptors (Lipinski definition) is 3. The van der Waals surface area contributed by atoms with Crippen molar-refractivity contribution in [2.24, 2.45) is 5.73 Å². The van der Waals surface area contributed by atoms with Crippen LogP contribution in [0, 0.1) is 0 Å². The zero-order valence-electron chi connectivity index (χ0n) is 7.94. The highest BCUT2D eigenvalue weighted by Crippen LogP contribution is 2.20. The van der Waals surface area contributed by atoms with Crippen molar-refractivity contribution in [2.45, 2.75) is 18.9 Å². The summed E-state index contributed by atoms with van der Waals surface area (Å²) in [7, 11) is 2.04. The predicted molar refractivity (Wildman–Crippen MR) is 53.1 cm³/mol. The van der Waals surface area contributed by atoms with E-state index in [9.17, 15) is 4.79 Å². The van der Waals surface area contributed by atoms with E-state index in [0.717, 1.165) is 24.8 Å². The summed E-state index contributed by atoms with van der Waals surface area (Å²) in [6.07, 6.45) is 8.10. The third-order valence-electron chi connectivity index (χ3n) is 2.44. The van der Waals surface area contributed by atoms with Crippen LogP contribution in [0.1, 0.15) is 12.8 Å². The zero-order chi connectivity index (χ0) is 9.68. The Morgan fingerprint density at radius 2 is 2.38 bits per heavy atom. The fraction of sp³-hybridized carbons (Fsp3) is 0.500. The first kappa shape index (κ1) is 9.99. The molecule has 1 saturated heterocycles. The van der Waals surface area contributed by atoms with Crippen molar-refractivity contribution in [3.63, 3.8) is 0 Å². The molecule has 0 aromatic carbocycles. The third kappa shape index (κ3) is 2.42. The Hall–Kier alpha value is -1.09. The molecule has 0 saturated carbocycles. The van der Waals surface area contributed by atoms with Crippen LogP contribution >= 0.6 is 0 Å². The van der Waals surface area contributed by atoms with E-state index in [4.69, 9.17) is 5.73 Å². The standard InChI is InChI=1S/C10H16N2O/c1-12-7-3-5-10(12)9(8-13)4-2-6-11/h2,4,6,8,10H,3,5,7,11H2,1H3. The SMILES string of the molecule is CN1CCCC1C(C=O)=CC=CN. The van der Waals surface area contributed by atoms with Gasteiger partial charge in [-0.2, -0.15) is 0 Å². The second-order valence-electron chi connectivity index (χ2n) is 3.31. The first-order chi connectivity index (χ1) is 6.29. The molecule has 0 amide bonds. The Morgan fingerprint density at radius 1 is 1.62 bits per heavy atom. The van der Waals surface area contributed by atoms with Gasteiger partial charge in [-0.05, 0) is 38.7 Å². The lowest BCUT2D eigenvalue weighted by Gasteiger charge is -2.18. The molecule has 0 aromatic heterocycles. The number of carbonyl (C=O) groups excluding carboxylic acids is 1. The average Bonchev–Trinajstić information content (AvgIpc) is 2.54. The highest BCUT2D eigenvalue weighted by molar-refractivity contribution is 5.75. The maximum Gasteiger partial charge on any atom is 0.147 e. The van der Waals surface area contributed by atoms with Gasteiger partial charge in [-0.15, -0.1) is 0 Å². The van der Waals surface area contributed by atoms with Gasteiger partial charge >= 0.3 is 0 Å². The summed E-state index contributed by atoms with van der Waals surface area (Å²) in [4.78, 5) is 13.0. The quantitative estimate of drug-likeness (QED) is 0.394. The number of allylic oxidation sites excluding steroid dienone is 2. The number of aldehydes is 1. The van der Waals surface area contributed by atoms with Crippen molar-refractivity contribution in [1.82, 2.24) is 4.90 Å². The molecular weight excluding hydrogens is 164 g/mol. The number of likely N-dealkylation sites (N-methyl/N-ethyl adjacent to an activating group) is 1. The minimum Gasteiger partial charge on any atom is -0.405 e. The molecule has 1 unspecified atom stereocenters. The van der Waals surface area contributed by atoms with Crippen LogP contribution in [0.25, 0.3) is 0 Å². The Bertz CT molecular complexity index is 233. The highest BCUT2D eigenvalue weighted by Gasteiger charge is 2.23. The molecule has 1 aliphatic rings. The minimum absolute atomic E-state index is 0.286. The molecule has 1 rings (SSSR count). The van der Waals surface area contributed by atoms with Crippen molar-refractivity contribution in [3.8, 4) is 0 Å². The van der Waals surface area contributed by atoms with Gasteiger partial charge in [0, 0.05) is 11.6 Å². The average molecular weight is 180 g/mol. The van der Waals surface area contributed by atoms with Gasteiger partial charge in [0.25, 0.3) is 0 Å². The van der Waals surface area contributed by atoms with Crippen LogP contribution in [0.2, 0.25) is 0 Å². The van der Waals surface area contributed by atoms with Crippen molar-refractivity contribution >= 4 is 6.29 Å². The van der Waals surface area contributed by atoms with Gasteiger partial charge in [0.15, 0.2) is 0 Å². The summed E-state index contributed by atoms with van der Waals surface area (Å²) in [6.45, 7) is 1.07. The van der Waals surface area contributed by atoms with E-state index >= 15 is 0 Å². The molecule has 0 spiro atoms. The van der Waals surface area contributed by atoms with Crippen LogP contribution in [0.4, 0.5) is 0 Å². The van der Waals surface area contributed by atoms with E-state index in [1.807, 2.05) is 7.05 Å². The minimum atomic E-state index is 0.286. The topological polar surface area (TPSA) is 46.3 Å². The normalized spacial score (nSPS) is 25.6. The van der Waals surface area contributed by atoms with Gasteiger partial charge in [-0.1, -0.05) is 6.08 Å². The van der Waals surface area contributed by atoms with Crippen molar-refractivity contribution in [1.29, 1.82) is 0 Å². The molecule has 1 fully saturated rings. The molecule has 3 nitrogen and oxygen atoms in total. The van der Waals surface area contributed by atoms with Gasteiger partial charge in [0.1, 0.15) is 6.29 Å². The van der Waals surface area contributed by atoms with Crippen molar-refractivity contribution in [3.05, 3.63) is 23.9 Å². The molecule has 1 heterocycles. The van der Waals surface area contributed by atoms with Crippen molar-refractivity contribution in [2.75, 3.05) is 13.6 Å². The fourth-order valence-corrected chi connectivity index (χ4v) is 1.73. The number of nitrogens with zero attached hydrogens (tertiary/aromatic N) is 1. The molecule has 1 atom stereocenters. The van der Waals surface area contributed by atoms with Crippen LogP contribution in [0.15, 0.2) is 23.9 Å². The molecule has 0 bridgehead atoms. The van der Waals surface area contributed by atoms with E-state index < -0.39 is 0 Å². The molecule has 72 valence electrons. The number of carbonyl (C=O) groups is 1. The summed E-state index contributed by atoms with van der Waals surface area (Å²) in [5, 5.41) is 0. The summed E-state index contributed by atoms with van der Waals surface area (Å²) < 4.78 is 0.